The molecule has 0 fully saturated rings. The van der Waals surface area contributed by atoms with Crippen molar-refractivity contribution in [3.05, 3.63) is 51.1 Å². The van der Waals surface area contributed by atoms with Crippen LogP contribution in [0.5, 0.6) is 0 Å². The topological polar surface area (TPSA) is 110 Å². The van der Waals surface area contributed by atoms with Crippen molar-refractivity contribution in [1.82, 2.24) is 5.32 Å². The second-order valence-corrected chi connectivity index (χ2v) is 4.60. The highest BCUT2D eigenvalue weighted by atomic mass is 16.6. The van der Waals surface area contributed by atoms with Crippen molar-refractivity contribution >= 4 is 17.6 Å². The zero-order chi connectivity index (χ0) is 16.2. The highest BCUT2D eigenvalue weighted by Gasteiger charge is 2.17. The Labute approximate surface area is 121 Å². The molecule has 1 atom stereocenters. The van der Waals surface area contributed by atoms with Crippen LogP contribution in [0.15, 0.2) is 35.4 Å². The molecule has 1 aromatic carbocycles. The molecule has 0 saturated heterocycles. The van der Waals surface area contributed by atoms with Crippen molar-refractivity contribution in [2.45, 2.75) is 26.8 Å². The van der Waals surface area contributed by atoms with Gasteiger partial charge in [-0.1, -0.05) is 12.1 Å². The maximum atomic E-state index is 11.9. The quantitative estimate of drug-likeness (QED) is 0.491. The van der Waals surface area contributed by atoms with Crippen molar-refractivity contribution in [1.29, 1.82) is 0 Å². The number of non-ortho nitro benzene ring substituents is 1. The summed E-state index contributed by atoms with van der Waals surface area (Å²) in [5.74, 6) is -1.68. The molecule has 7 heteroatoms. The predicted molar refractivity (Wildman–Crippen MR) is 75.7 cm³/mol. The molecule has 0 bridgehead atoms. The van der Waals surface area contributed by atoms with Crippen molar-refractivity contribution in [3.63, 3.8) is 0 Å². The SMILES string of the molecule is CC(C(=O)O)=C(C)C(=O)NC(C)c1cccc([N+](=O)[O-])c1. The summed E-state index contributed by atoms with van der Waals surface area (Å²) in [6, 6.07) is 5.43. The van der Waals surface area contributed by atoms with Gasteiger partial charge in [-0.25, -0.2) is 4.79 Å². The highest BCUT2D eigenvalue weighted by Crippen LogP contribution is 2.19. The lowest BCUT2D eigenvalue weighted by Crippen LogP contribution is -2.28. The molecule has 0 aliphatic carbocycles. The number of carboxylic acid groups (broad SMARTS) is 1. The first kappa shape index (κ1) is 16.4. The van der Waals surface area contributed by atoms with Crippen LogP contribution in [0.4, 0.5) is 5.69 Å². The second kappa shape index (κ2) is 6.65. The number of nitro benzene ring substituents is 1. The van der Waals surface area contributed by atoms with Crippen molar-refractivity contribution in [2.75, 3.05) is 0 Å². The molecule has 0 saturated carbocycles. The second-order valence-electron chi connectivity index (χ2n) is 4.60. The number of carboxylic acids is 1. The van der Waals surface area contributed by atoms with Crippen LogP contribution in [0.1, 0.15) is 32.4 Å². The number of amides is 1. The van der Waals surface area contributed by atoms with Gasteiger partial charge in [0.05, 0.1) is 11.0 Å². The van der Waals surface area contributed by atoms with Crippen LogP contribution in [-0.2, 0) is 9.59 Å². The number of hydrogen-bond acceptors (Lipinski definition) is 4. The van der Waals surface area contributed by atoms with E-state index in [1.807, 2.05) is 0 Å². The van der Waals surface area contributed by atoms with Crippen LogP contribution < -0.4 is 5.32 Å². The molecule has 0 aromatic heterocycles. The maximum Gasteiger partial charge on any atom is 0.331 e. The Hall–Kier alpha value is -2.70. The number of nitro groups is 1. The highest BCUT2D eigenvalue weighted by molar-refractivity contribution is 6.01. The van der Waals surface area contributed by atoms with E-state index in [1.54, 1.807) is 13.0 Å². The van der Waals surface area contributed by atoms with Crippen LogP contribution in [0.3, 0.4) is 0 Å². The summed E-state index contributed by atoms with van der Waals surface area (Å²) in [6.45, 7) is 4.43. The third-order valence-corrected chi connectivity index (χ3v) is 3.15. The van der Waals surface area contributed by atoms with E-state index in [2.05, 4.69) is 5.32 Å². The minimum absolute atomic E-state index is 0.0428. The summed E-state index contributed by atoms with van der Waals surface area (Å²) in [5.41, 5.74) is 0.555. The minimum atomic E-state index is -1.16. The van der Waals surface area contributed by atoms with Crippen molar-refractivity contribution in [3.8, 4) is 0 Å². The monoisotopic (exact) mass is 292 g/mol. The fourth-order valence-corrected chi connectivity index (χ4v) is 1.63. The first-order valence-electron chi connectivity index (χ1n) is 6.20. The van der Waals surface area contributed by atoms with E-state index < -0.39 is 22.8 Å². The van der Waals surface area contributed by atoms with Gasteiger partial charge in [0.25, 0.3) is 5.69 Å². The fraction of sp³-hybridized carbons (Fsp3) is 0.286. The number of benzene rings is 1. The Morgan fingerprint density at radius 2 is 1.90 bits per heavy atom. The van der Waals surface area contributed by atoms with Gasteiger partial charge in [0.15, 0.2) is 0 Å². The third kappa shape index (κ3) is 4.13. The third-order valence-electron chi connectivity index (χ3n) is 3.15. The normalized spacial score (nSPS) is 13.1. The molecule has 1 unspecified atom stereocenters. The molecule has 0 spiro atoms. The van der Waals surface area contributed by atoms with Crippen molar-refractivity contribution in [2.24, 2.45) is 0 Å². The molecule has 1 amide bonds. The number of carbonyl (C=O) groups is 2. The lowest BCUT2D eigenvalue weighted by molar-refractivity contribution is -0.384. The van der Waals surface area contributed by atoms with E-state index in [-0.39, 0.29) is 16.8 Å². The largest absolute Gasteiger partial charge is 0.478 e. The van der Waals surface area contributed by atoms with Crippen LogP contribution >= 0.6 is 0 Å². The Kier molecular flexibility index (Phi) is 5.18. The average Bonchev–Trinajstić information content (AvgIpc) is 2.45. The Balaban J connectivity index is 2.91. The van der Waals surface area contributed by atoms with E-state index in [9.17, 15) is 19.7 Å². The molecular formula is C14H16N2O5. The molecular weight excluding hydrogens is 276 g/mol. The van der Waals surface area contributed by atoms with Gasteiger partial charge in [0, 0.05) is 23.3 Å². The number of carbonyl (C=O) groups excluding carboxylic acids is 1. The number of nitrogens with one attached hydrogen (secondary N) is 1. The molecule has 0 aliphatic rings. The predicted octanol–water partition coefficient (Wildman–Crippen LogP) is 2.19. The molecule has 112 valence electrons. The average molecular weight is 292 g/mol. The van der Waals surface area contributed by atoms with Gasteiger partial charge in [0.1, 0.15) is 0 Å². The summed E-state index contributed by atoms with van der Waals surface area (Å²) in [7, 11) is 0. The Morgan fingerprint density at radius 1 is 1.29 bits per heavy atom. The molecule has 2 N–H and O–H groups in total. The summed E-state index contributed by atoms with van der Waals surface area (Å²) < 4.78 is 0. The lowest BCUT2D eigenvalue weighted by Gasteiger charge is -2.15. The van der Waals surface area contributed by atoms with Crippen LogP contribution in [-0.4, -0.2) is 21.9 Å². The fourth-order valence-electron chi connectivity index (χ4n) is 1.63. The van der Waals surface area contributed by atoms with Crippen LogP contribution in [0, 0.1) is 10.1 Å². The number of rotatable bonds is 5. The van der Waals surface area contributed by atoms with Gasteiger partial charge < -0.3 is 10.4 Å². The molecule has 1 rings (SSSR count). The number of aliphatic carboxylic acids is 1. The molecule has 0 radical (unpaired) electrons. The van der Waals surface area contributed by atoms with Gasteiger partial charge in [-0.15, -0.1) is 0 Å². The zero-order valence-electron chi connectivity index (χ0n) is 11.9. The number of hydrogen-bond donors (Lipinski definition) is 2. The smallest absolute Gasteiger partial charge is 0.331 e. The van der Waals surface area contributed by atoms with Gasteiger partial charge in [0.2, 0.25) is 5.91 Å². The van der Waals surface area contributed by atoms with Gasteiger partial charge in [-0.05, 0) is 26.3 Å². The zero-order valence-corrected chi connectivity index (χ0v) is 11.9. The first-order chi connectivity index (χ1) is 9.73. The standard InChI is InChI=1S/C14H16N2O5/c1-8(9(2)14(18)19)13(17)15-10(3)11-5-4-6-12(7-11)16(20)21/h4-7,10H,1-3H3,(H,15,17)(H,18,19). The molecule has 0 aliphatic heterocycles. The molecule has 1 aromatic rings. The van der Waals surface area contributed by atoms with E-state index in [0.717, 1.165) is 0 Å². The van der Waals surface area contributed by atoms with Gasteiger partial charge >= 0.3 is 5.97 Å². The van der Waals surface area contributed by atoms with E-state index >= 15 is 0 Å². The summed E-state index contributed by atoms with van der Waals surface area (Å²) >= 11 is 0. The molecule has 21 heavy (non-hydrogen) atoms. The Morgan fingerprint density at radius 3 is 2.43 bits per heavy atom. The van der Waals surface area contributed by atoms with Gasteiger partial charge in [-0.2, -0.15) is 0 Å². The molecule has 0 heterocycles. The summed E-state index contributed by atoms with van der Waals surface area (Å²) in [5, 5.41) is 22.2. The van der Waals surface area contributed by atoms with Crippen molar-refractivity contribution < 1.29 is 19.6 Å². The first-order valence-corrected chi connectivity index (χ1v) is 6.20. The number of nitrogens with zero attached hydrogens (tertiary/aromatic N) is 1. The lowest BCUT2D eigenvalue weighted by atomic mass is 10.1. The van der Waals surface area contributed by atoms with Crippen LogP contribution in [0.2, 0.25) is 0 Å². The van der Waals surface area contributed by atoms with E-state index in [4.69, 9.17) is 5.11 Å². The van der Waals surface area contributed by atoms with Gasteiger partial charge in [-0.3, -0.25) is 14.9 Å². The summed E-state index contributed by atoms with van der Waals surface area (Å²) in [4.78, 5) is 32.9. The van der Waals surface area contributed by atoms with Crippen LogP contribution in [0.25, 0.3) is 0 Å². The molecule has 7 nitrogen and oxygen atoms in total. The van der Waals surface area contributed by atoms with E-state index in [0.29, 0.717) is 5.56 Å². The minimum Gasteiger partial charge on any atom is -0.478 e. The van der Waals surface area contributed by atoms with E-state index in [1.165, 1.54) is 32.0 Å². The maximum absolute atomic E-state index is 11.9. The summed E-state index contributed by atoms with van der Waals surface area (Å²) in [6.07, 6.45) is 0. The Bertz CT molecular complexity index is 622.